The minimum atomic E-state index is -0.355. The number of imidazole rings is 1. The van der Waals surface area contributed by atoms with Crippen molar-refractivity contribution in [2.24, 2.45) is 0 Å². The van der Waals surface area contributed by atoms with Crippen LogP contribution in [0.5, 0.6) is 0 Å². The lowest BCUT2D eigenvalue weighted by Crippen LogP contribution is -2.08. The second kappa shape index (κ2) is 5.34. The quantitative estimate of drug-likeness (QED) is 0.789. The second-order valence-electron chi connectivity index (χ2n) is 4.64. The molecule has 0 atom stereocenters. The van der Waals surface area contributed by atoms with Crippen LogP contribution in [0.4, 0.5) is 4.39 Å². The summed E-state index contributed by atoms with van der Waals surface area (Å²) in [5.74, 6) is 0.382. The Morgan fingerprint density at radius 2 is 2.16 bits per heavy atom. The smallest absolute Gasteiger partial charge is 0.162 e. The molecule has 1 aromatic carbocycles. The third kappa shape index (κ3) is 2.57. The Morgan fingerprint density at radius 3 is 2.79 bits per heavy atom. The predicted octanol–water partition coefficient (Wildman–Crippen LogP) is 3.47. The number of hydrogen-bond donors (Lipinski definition) is 0. The molecular formula is C15H17FN2O. The summed E-state index contributed by atoms with van der Waals surface area (Å²) >= 11 is 0. The van der Waals surface area contributed by atoms with Crippen molar-refractivity contribution in [3.05, 3.63) is 47.3 Å². The van der Waals surface area contributed by atoms with Crippen molar-refractivity contribution in [3.63, 3.8) is 0 Å². The number of carbonyl (C=O) groups excluding carboxylic acids is 1. The van der Waals surface area contributed by atoms with Crippen LogP contribution in [0.1, 0.15) is 42.0 Å². The van der Waals surface area contributed by atoms with E-state index in [1.807, 2.05) is 10.8 Å². The van der Waals surface area contributed by atoms with Gasteiger partial charge in [-0.15, -0.1) is 0 Å². The van der Waals surface area contributed by atoms with Gasteiger partial charge in [0.25, 0.3) is 0 Å². The maximum Gasteiger partial charge on any atom is 0.162 e. The van der Waals surface area contributed by atoms with Gasteiger partial charge in [-0.2, -0.15) is 0 Å². The highest BCUT2D eigenvalue weighted by atomic mass is 19.1. The lowest BCUT2D eigenvalue weighted by molar-refractivity contribution is 0.101. The highest BCUT2D eigenvalue weighted by Crippen LogP contribution is 2.22. The molecular weight excluding hydrogens is 243 g/mol. The van der Waals surface area contributed by atoms with Gasteiger partial charge in [-0.3, -0.25) is 4.79 Å². The van der Waals surface area contributed by atoms with E-state index < -0.39 is 0 Å². The number of Topliss-reactive ketones (excluding diaryl/α,β-unsaturated/α-hetero) is 1. The van der Waals surface area contributed by atoms with Crippen molar-refractivity contribution in [2.75, 3.05) is 0 Å². The molecule has 0 N–H and O–H groups in total. The van der Waals surface area contributed by atoms with Crippen molar-refractivity contribution < 1.29 is 9.18 Å². The fourth-order valence-corrected chi connectivity index (χ4v) is 2.11. The number of halogens is 1. The summed E-state index contributed by atoms with van der Waals surface area (Å²) in [5.41, 5.74) is 1.61. The largest absolute Gasteiger partial charge is 0.303 e. The molecule has 0 radical (unpaired) electrons. The Bertz CT molecular complexity index is 617. The molecule has 4 heteroatoms. The zero-order valence-corrected chi connectivity index (χ0v) is 11.4. The highest BCUT2D eigenvalue weighted by molar-refractivity contribution is 5.97. The first-order chi connectivity index (χ1) is 9.04. The van der Waals surface area contributed by atoms with Crippen LogP contribution in [-0.4, -0.2) is 15.3 Å². The molecule has 0 aliphatic carbocycles. The number of hydrogen-bond acceptors (Lipinski definition) is 2. The van der Waals surface area contributed by atoms with Gasteiger partial charge in [0.15, 0.2) is 5.78 Å². The number of aryl methyl sites for hydroxylation is 2. The Balaban J connectivity index is 2.63. The zero-order valence-electron chi connectivity index (χ0n) is 11.4. The van der Waals surface area contributed by atoms with E-state index in [-0.39, 0.29) is 11.6 Å². The maximum atomic E-state index is 13.6. The van der Waals surface area contributed by atoms with Crippen LogP contribution in [0.2, 0.25) is 0 Å². The van der Waals surface area contributed by atoms with Crippen LogP contribution in [0, 0.1) is 12.7 Å². The van der Waals surface area contributed by atoms with Crippen molar-refractivity contribution >= 4 is 5.78 Å². The van der Waals surface area contributed by atoms with E-state index in [4.69, 9.17) is 0 Å². The first kappa shape index (κ1) is 13.5. The van der Waals surface area contributed by atoms with Gasteiger partial charge in [-0.05, 0) is 38.0 Å². The third-order valence-corrected chi connectivity index (χ3v) is 3.11. The van der Waals surface area contributed by atoms with Crippen LogP contribution >= 0.6 is 0 Å². The summed E-state index contributed by atoms with van der Waals surface area (Å²) in [6.45, 7) is 5.21. The molecule has 1 heterocycles. The molecule has 0 saturated carbocycles. The minimum absolute atomic E-state index is 0.148. The normalized spacial score (nSPS) is 10.7. The van der Waals surface area contributed by atoms with E-state index >= 15 is 0 Å². The molecule has 2 aromatic rings. The lowest BCUT2D eigenvalue weighted by atomic mass is 10.1. The topological polar surface area (TPSA) is 34.9 Å². The number of rotatable bonds is 4. The fraction of sp³-hybridized carbons (Fsp3) is 0.333. The Morgan fingerprint density at radius 1 is 1.42 bits per heavy atom. The molecule has 0 spiro atoms. The van der Waals surface area contributed by atoms with Gasteiger partial charge >= 0.3 is 0 Å². The summed E-state index contributed by atoms with van der Waals surface area (Å²) in [6, 6.07) is 3.01. The maximum absolute atomic E-state index is 13.6. The van der Waals surface area contributed by atoms with Crippen LogP contribution in [0.15, 0.2) is 24.5 Å². The molecule has 1 aromatic heterocycles. The molecule has 0 amide bonds. The molecule has 0 unspecified atom stereocenters. The lowest BCUT2D eigenvalue weighted by Gasteiger charge is -2.13. The summed E-state index contributed by atoms with van der Waals surface area (Å²) in [5, 5.41) is 0. The molecule has 2 rings (SSSR count). The van der Waals surface area contributed by atoms with Crippen LogP contribution < -0.4 is 0 Å². The number of nitrogens with zero attached hydrogens (tertiary/aromatic N) is 2. The van der Waals surface area contributed by atoms with Gasteiger partial charge in [0.2, 0.25) is 0 Å². The van der Waals surface area contributed by atoms with Crippen molar-refractivity contribution in [1.29, 1.82) is 0 Å². The van der Waals surface area contributed by atoms with Crippen molar-refractivity contribution in [3.8, 4) is 5.69 Å². The molecule has 0 bridgehead atoms. The number of ketones is 1. The molecule has 0 aliphatic heterocycles. The van der Waals surface area contributed by atoms with Gasteiger partial charge in [0.1, 0.15) is 11.6 Å². The predicted molar refractivity (Wildman–Crippen MR) is 72.3 cm³/mol. The molecule has 19 heavy (non-hydrogen) atoms. The summed E-state index contributed by atoms with van der Waals surface area (Å²) < 4.78 is 15.5. The fourth-order valence-electron chi connectivity index (χ4n) is 2.11. The third-order valence-electron chi connectivity index (χ3n) is 3.11. The Kier molecular flexibility index (Phi) is 3.79. The minimum Gasteiger partial charge on any atom is -0.303 e. The van der Waals surface area contributed by atoms with E-state index in [9.17, 15) is 9.18 Å². The average Bonchev–Trinajstić information content (AvgIpc) is 2.80. The van der Waals surface area contributed by atoms with Crippen LogP contribution in [0.3, 0.4) is 0 Å². The van der Waals surface area contributed by atoms with Gasteiger partial charge < -0.3 is 4.57 Å². The zero-order chi connectivity index (χ0) is 14.0. The van der Waals surface area contributed by atoms with E-state index in [1.165, 1.54) is 13.0 Å². The van der Waals surface area contributed by atoms with Gasteiger partial charge in [-0.1, -0.05) is 6.92 Å². The standard InChI is InChI=1S/C15H17FN2O/c1-4-5-15-17-6-7-18(15)14-8-10(2)13(16)9-12(14)11(3)19/h6-9H,4-5H2,1-3H3. The van der Waals surface area contributed by atoms with E-state index in [2.05, 4.69) is 11.9 Å². The van der Waals surface area contributed by atoms with Gasteiger partial charge in [-0.25, -0.2) is 9.37 Å². The Labute approximate surface area is 112 Å². The first-order valence-corrected chi connectivity index (χ1v) is 6.38. The van der Waals surface area contributed by atoms with Gasteiger partial charge in [0, 0.05) is 24.4 Å². The number of carbonyl (C=O) groups is 1. The van der Waals surface area contributed by atoms with E-state index in [1.54, 1.807) is 19.2 Å². The van der Waals surface area contributed by atoms with Crippen LogP contribution in [-0.2, 0) is 6.42 Å². The molecule has 100 valence electrons. The highest BCUT2D eigenvalue weighted by Gasteiger charge is 2.14. The monoisotopic (exact) mass is 260 g/mol. The average molecular weight is 260 g/mol. The summed E-state index contributed by atoms with van der Waals surface area (Å²) in [7, 11) is 0. The number of aromatic nitrogens is 2. The summed E-state index contributed by atoms with van der Waals surface area (Å²) in [6.07, 6.45) is 5.30. The first-order valence-electron chi connectivity index (χ1n) is 6.38. The Hall–Kier alpha value is -1.97. The SMILES string of the molecule is CCCc1nccn1-c1cc(C)c(F)cc1C(C)=O. The number of benzene rings is 1. The van der Waals surface area contributed by atoms with E-state index in [0.717, 1.165) is 18.7 Å². The van der Waals surface area contributed by atoms with E-state index in [0.29, 0.717) is 16.8 Å². The second-order valence-corrected chi connectivity index (χ2v) is 4.64. The molecule has 3 nitrogen and oxygen atoms in total. The molecule has 0 saturated heterocycles. The molecule has 0 aliphatic rings. The van der Waals surface area contributed by atoms with Crippen molar-refractivity contribution in [1.82, 2.24) is 9.55 Å². The van der Waals surface area contributed by atoms with Gasteiger partial charge in [0.05, 0.1) is 5.69 Å². The van der Waals surface area contributed by atoms with Crippen LogP contribution in [0.25, 0.3) is 5.69 Å². The van der Waals surface area contributed by atoms with Crippen molar-refractivity contribution in [2.45, 2.75) is 33.6 Å². The molecule has 0 fully saturated rings. The summed E-state index contributed by atoms with van der Waals surface area (Å²) in [4.78, 5) is 16.0.